The summed E-state index contributed by atoms with van der Waals surface area (Å²) in [5.74, 6) is 1.50. The van der Waals surface area contributed by atoms with Gasteiger partial charge in [-0.3, -0.25) is 0 Å². The van der Waals surface area contributed by atoms with Crippen molar-refractivity contribution in [3.63, 3.8) is 0 Å². The summed E-state index contributed by atoms with van der Waals surface area (Å²) in [7, 11) is 0. The van der Waals surface area contributed by atoms with Crippen LogP contribution >= 0.6 is 0 Å². The lowest BCUT2D eigenvalue weighted by atomic mass is 9.94. The zero-order valence-electron chi connectivity index (χ0n) is 11.9. The third-order valence-corrected chi connectivity index (χ3v) is 2.97. The molecule has 6 heteroatoms. The van der Waals surface area contributed by atoms with Gasteiger partial charge in [0.25, 0.3) is 0 Å². The predicted octanol–water partition coefficient (Wildman–Crippen LogP) is 2.02. The van der Waals surface area contributed by atoms with Crippen molar-refractivity contribution < 1.29 is 4.42 Å². The summed E-state index contributed by atoms with van der Waals surface area (Å²) in [5.41, 5.74) is 6.67. The highest BCUT2D eigenvalue weighted by molar-refractivity contribution is 5.06. The number of rotatable bonds is 4. The van der Waals surface area contributed by atoms with Crippen LogP contribution in [0.4, 0.5) is 0 Å². The van der Waals surface area contributed by atoms with E-state index in [1.165, 1.54) is 0 Å². The number of aromatic nitrogens is 4. The lowest BCUT2D eigenvalue weighted by Crippen LogP contribution is -2.09. The Morgan fingerprint density at radius 2 is 2.16 bits per heavy atom. The summed E-state index contributed by atoms with van der Waals surface area (Å²) < 4.78 is 7.41. The van der Waals surface area contributed by atoms with Gasteiger partial charge in [0.1, 0.15) is 12.3 Å². The van der Waals surface area contributed by atoms with Gasteiger partial charge in [-0.15, -0.1) is 5.10 Å². The monoisotopic (exact) mass is 263 g/mol. The van der Waals surface area contributed by atoms with Gasteiger partial charge in [-0.05, 0) is 6.42 Å². The lowest BCUT2D eigenvalue weighted by molar-refractivity contribution is 0.371. The highest BCUT2D eigenvalue weighted by Gasteiger charge is 2.19. The Morgan fingerprint density at radius 1 is 1.42 bits per heavy atom. The Morgan fingerprint density at radius 3 is 2.74 bits per heavy atom. The molecule has 2 N–H and O–H groups in total. The molecule has 0 saturated heterocycles. The molecule has 2 aromatic heterocycles. The fourth-order valence-electron chi connectivity index (χ4n) is 1.64. The standard InChI is InChI=1S/C13H21N5O/c1-5-9(14)10-7-18(17-16-10)8-12-15-6-11(19-12)13(2,3)4/h6-7,9H,5,8,14H2,1-4H3. The van der Waals surface area contributed by atoms with Gasteiger partial charge in [-0.1, -0.05) is 32.9 Å². The van der Waals surface area contributed by atoms with Gasteiger partial charge in [-0.25, -0.2) is 9.67 Å². The van der Waals surface area contributed by atoms with E-state index in [0.717, 1.165) is 17.9 Å². The molecule has 2 rings (SSSR count). The Kier molecular flexibility index (Phi) is 3.71. The van der Waals surface area contributed by atoms with E-state index >= 15 is 0 Å². The normalized spacial score (nSPS) is 13.7. The largest absolute Gasteiger partial charge is 0.443 e. The minimum Gasteiger partial charge on any atom is -0.443 e. The molecule has 2 aromatic rings. The van der Waals surface area contributed by atoms with Crippen LogP contribution in [-0.2, 0) is 12.0 Å². The van der Waals surface area contributed by atoms with Crippen LogP contribution in [0, 0.1) is 0 Å². The fraction of sp³-hybridized carbons (Fsp3) is 0.615. The molecular weight excluding hydrogens is 242 g/mol. The van der Waals surface area contributed by atoms with Crippen molar-refractivity contribution in [1.29, 1.82) is 0 Å². The molecule has 2 heterocycles. The van der Waals surface area contributed by atoms with E-state index < -0.39 is 0 Å². The van der Waals surface area contributed by atoms with E-state index in [1.807, 2.05) is 13.1 Å². The highest BCUT2D eigenvalue weighted by atomic mass is 16.4. The Bertz CT molecular complexity index is 537. The van der Waals surface area contributed by atoms with Gasteiger partial charge < -0.3 is 10.2 Å². The van der Waals surface area contributed by atoms with Crippen molar-refractivity contribution in [1.82, 2.24) is 20.0 Å². The van der Waals surface area contributed by atoms with Crippen LogP contribution in [0.2, 0.25) is 0 Å². The molecule has 0 radical (unpaired) electrons. The first-order valence-electron chi connectivity index (χ1n) is 6.51. The predicted molar refractivity (Wildman–Crippen MR) is 71.5 cm³/mol. The average Bonchev–Trinajstić information content (AvgIpc) is 2.97. The second-order valence-corrected chi connectivity index (χ2v) is 5.72. The first-order chi connectivity index (χ1) is 8.90. The van der Waals surface area contributed by atoms with Crippen molar-refractivity contribution in [2.45, 2.75) is 52.1 Å². The molecule has 0 bridgehead atoms. The van der Waals surface area contributed by atoms with E-state index in [9.17, 15) is 0 Å². The molecule has 0 saturated carbocycles. The number of hydrogen-bond acceptors (Lipinski definition) is 5. The maximum atomic E-state index is 5.91. The average molecular weight is 263 g/mol. The van der Waals surface area contributed by atoms with Crippen LogP contribution in [0.15, 0.2) is 16.8 Å². The maximum absolute atomic E-state index is 5.91. The van der Waals surface area contributed by atoms with E-state index in [4.69, 9.17) is 10.2 Å². The van der Waals surface area contributed by atoms with Gasteiger partial charge >= 0.3 is 0 Å². The molecule has 0 aliphatic carbocycles. The molecule has 1 atom stereocenters. The molecule has 0 aliphatic heterocycles. The minimum atomic E-state index is -0.0663. The van der Waals surface area contributed by atoms with Crippen LogP contribution in [0.1, 0.15) is 57.5 Å². The number of hydrogen-bond donors (Lipinski definition) is 1. The van der Waals surface area contributed by atoms with Crippen LogP contribution in [0.25, 0.3) is 0 Å². The van der Waals surface area contributed by atoms with Gasteiger partial charge in [0.2, 0.25) is 5.89 Å². The fourth-order valence-corrected chi connectivity index (χ4v) is 1.64. The molecule has 0 spiro atoms. The molecule has 19 heavy (non-hydrogen) atoms. The molecule has 1 unspecified atom stereocenters. The van der Waals surface area contributed by atoms with Crippen LogP contribution in [-0.4, -0.2) is 20.0 Å². The number of oxazole rings is 1. The maximum Gasteiger partial charge on any atom is 0.216 e. The summed E-state index contributed by atoms with van der Waals surface area (Å²) in [4.78, 5) is 4.27. The van der Waals surface area contributed by atoms with Crippen molar-refractivity contribution >= 4 is 0 Å². The van der Waals surface area contributed by atoms with Gasteiger partial charge in [-0.2, -0.15) is 0 Å². The SMILES string of the molecule is CCC(N)c1cn(Cc2ncc(C(C)(C)C)o2)nn1. The summed E-state index contributed by atoms with van der Waals surface area (Å²) in [6.07, 6.45) is 4.45. The van der Waals surface area contributed by atoms with Crippen molar-refractivity contribution in [2.75, 3.05) is 0 Å². The summed E-state index contributed by atoms with van der Waals surface area (Å²) >= 11 is 0. The first-order valence-corrected chi connectivity index (χ1v) is 6.51. The molecule has 0 fully saturated rings. The van der Waals surface area contributed by atoms with Crippen molar-refractivity contribution in [3.05, 3.63) is 29.7 Å². The molecule has 0 aromatic carbocycles. The molecule has 0 aliphatic rings. The topological polar surface area (TPSA) is 82.8 Å². The summed E-state index contributed by atoms with van der Waals surface area (Å²) in [6, 6.07) is -0.0663. The second kappa shape index (κ2) is 5.13. The molecular formula is C13H21N5O. The van der Waals surface area contributed by atoms with Crippen LogP contribution in [0.3, 0.4) is 0 Å². The van der Waals surface area contributed by atoms with Crippen LogP contribution in [0.5, 0.6) is 0 Å². The summed E-state index contributed by atoms with van der Waals surface area (Å²) in [6.45, 7) is 8.76. The molecule has 0 amide bonds. The minimum absolute atomic E-state index is 0.0384. The van der Waals surface area contributed by atoms with Crippen LogP contribution < -0.4 is 5.73 Å². The molecule has 6 nitrogen and oxygen atoms in total. The number of nitrogens with two attached hydrogens (primary N) is 1. The Hall–Kier alpha value is -1.69. The van der Waals surface area contributed by atoms with Gasteiger partial charge in [0.15, 0.2) is 0 Å². The van der Waals surface area contributed by atoms with E-state index in [-0.39, 0.29) is 11.5 Å². The second-order valence-electron chi connectivity index (χ2n) is 5.72. The summed E-state index contributed by atoms with van der Waals surface area (Å²) in [5, 5.41) is 8.10. The third-order valence-electron chi connectivity index (χ3n) is 2.97. The lowest BCUT2D eigenvalue weighted by Gasteiger charge is -2.13. The third kappa shape index (κ3) is 3.20. The van der Waals surface area contributed by atoms with Crippen molar-refractivity contribution in [3.8, 4) is 0 Å². The highest BCUT2D eigenvalue weighted by Crippen LogP contribution is 2.22. The van der Waals surface area contributed by atoms with Gasteiger partial charge in [0, 0.05) is 5.41 Å². The quantitative estimate of drug-likeness (QED) is 0.912. The van der Waals surface area contributed by atoms with Gasteiger partial charge in [0.05, 0.1) is 24.1 Å². The smallest absolute Gasteiger partial charge is 0.216 e. The zero-order valence-corrected chi connectivity index (χ0v) is 11.9. The number of nitrogens with zero attached hydrogens (tertiary/aromatic N) is 4. The van der Waals surface area contributed by atoms with E-state index in [1.54, 1.807) is 10.9 Å². The molecule has 104 valence electrons. The first kappa shape index (κ1) is 13.7. The van der Waals surface area contributed by atoms with E-state index in [2.05, 4.69) is 36.1 Å². The van der Waals surface area contributed by atoms with Crippen molar-refractivity contribution in [2.24, 2.45) is 5.73 Å². The Balaban J connectivity index is 2.09. The Labute approximate surface area is 113 Å². The zero-order chi connectivity index (χ0) is 14.0. The van der Waals surface area contributed by atoms with E-state index in [0.29, 0.717) is 12.4 Å².